The highest BCUT2D eigenvalue weighted by molar-refractivity contribution is 14.1. The summed E-state index contributed by atoms with van der Waals surface area (Å²) in [5.74, 6) is -1.19. The van der Waals surface area contributed by atoms with E-state index in [1.54, 1.807) is 0 Å². The van der Waals surface area contributed by atoms with E-state index in [1.807, 2.05) is 32.0 Å². The van der Waals surface area contributed by atoms with Crippen molar-refractivity contribution in [2.24, 2.45) is 0 Å². The number of carbonyl (C=O) groups is 2. The highest BCUT2D eigenvalue weighted by Crippen LogP contribution is 2.18. The van der Waals surface area contributed by atoms with Crippen molar-refractivity contribution >= 4 is 34.5 Å². The lowest BCUT2D eigenvalue weighted by molar-refractivity contribution is -0.137. The lowest BCUT2D eigenvalue weighted by atomic mass is 10.1. The molecule has 0 aliphatic rings. The van der Waals surface area contributed by atoms with E-state index >= 15 is 0 Å². The van der Waals surface area contributed by atoms with Crippen molar-refractivity contribution in [3.05, 3.63) is 32.9 Å². The zero-order chi connectivity index (χ0) is 13.7. The maximum atomic E-state index is 12.4. The summed E-state index contributed by atoms with van der Waals surface area (Å²) < 4.78 is 0.851. The molecule has 98 valence electrons. The van der Waals surface area contributed by atoms with Crippen molar-refractivity contribution in [3.8, 4) is 0 Å². The van der Waals surface area contributed by atoms with Crippen LogP contribution in [0.1, 0.15) is 29.3 Å². The van der Waals surface area contributed by atoms with Gasteiger partial charge in [-0.15, -0.1) is 0 Å². The number of hydrogen-bond acceptors (Lipinski definition) is 2. The van der Waals surface area contributed by atoms with Gasteiger partial charge < -0.3 is 10.0 Å². The molecule has 0 aromatic heterocycles. The van der Waals surface area contributed by atoms with Crippen molar-refractivity contribution in [3.63, 3.8) is 0 Å². The van der Waals surface area contributed by atoms with E-state index in [-0.39, 0.29) is 12.5 Å². The van der Waals surface area contributed by atoms with Crippen LogP contribution in [0, 0.1) is 10.5 Å². The normalized spacial score (nSPS) is 10.2. The maximum absolute atomic E-state index is 12.4. The molecule has 1 aromatic rings. The van der Waals surface area contributed by atoms with Gasteiger partial charge >= 0.3 is 5.97 Å². The van der Waals surface area contributed by atoms with E-state index < -0.39 is 5.97 Å². The van der Waals surface area contributed by atoms with E-state index in [1.165, 1.54) is 4.90 Å². The Morgan fingerprint density at radius 2 is 2.06 bits per heavy atom. The molecule has 0 heterocycles. The number of rotatable bonds is 5. The number of aryl methyl sites for hydroxylation is 1. The Morgan fingerprint density at radius 3 is 2.56 bits per heavy atom. The fraction of sp³-hybridized carbons (Fsp3) is 0.385. The van der Waals surface area contributed by atoms with Gasteiger partial charge in [0.1, 0.15) is 6.54 Å². The smallest absolute Gasteiger partial charge is 0.323 e. The summed E-state index contributed by atoms with van der Waals surface area (Å²) in [6.45, 7) is 3.98. The van der Waals surface area contributed by atoms with Crippen LogP contribution < -0.4 is 0 Å². The molecule has 0 radical (unpaired) electrons. The first-order chi connectivity index (χ1) is 8.47. The lowest BCUT2D eigenvalue weighted by Gasteiger charge is -2.21. The van der Waals surface area contributed by atoms with E-state index in [0.717, 1.165) is 15.6 Å². The number of nitrogens with zero attached hydrogens (tertiary/aromatic N) is 1. The first-order valence-electron chi connectivity index (χ1n) is 5.73. The van der Waals surface area contributed by atoms with Crippen molar-refractivity contribution in [1.29, 1.82) is 0 Å². The molecule has 0 aliphatic heterocycles. The zero-order valence-electron chi connectivity index (χ0n) is 10.4. The Kier molecular flexibility index (Phi) is 5.58. The molecular weight excluding hydrogens is 345 g/mol. The Balaban J connectivity index is 3.05. The fourth-order valence-corrected chi connectivity index (χ4v) is 2.61. The molecule has 4 nitrogen and oxygen atoms in total. The van der Waals surface area contributed by atoms with Crippen molar-refractivity contribution in [1.82, 2.24) is 4.90 Å². The minimum Gasteiger partial charge on any atom is -0.480 e. The van der Waals surface area contributed by atoms with Gasteiger partial charge in [-0.05, 0) is 47.6 Å². The standard InChI is InChI=1S/C13H16INO3/c1-3-7-15(8-11(16)17)13(18)12-9(2)5-4-6-10(12)14/h4-6H,3,7-8H2,1-2H3,(H,16,17). The molecule has 0 bridgehead atoms. The third-order valence-corrected chi connectivity index (χ3v) is 3.44. The molecular formula is C13H16INO3. The van der Waals surface area contributed by atoms with Gasteiger partial charge in [-0.25, -0.2) is 0 Å². The van der Waals surface area contributed by atoms with E-state index in [0.29, 0.717) is 12.1 Å². The van der Waals surface area contributed by atoms with Crippen molar-refractivity contribution < 1.29 is 14.7 Å². The Morgan fingerprint density at radius 1 is 1.39 bits per heavy atom. The molecule has 5 heteroatoms. The quantitative estimate of drug-likeness (QED) is 0.820. The lowest BCUT2D eigenvalue weighted by Crippen LogP contribution is -2.37. The summed E-state index contributed by atoms with van der Waals surface area (Å²) in [6.07, 6.45) is 0.738. The summed E-state index contributed by atoms with van der Waals surface area (Å²) in [6, 6.07) is 5.60. The third kappa shape index (κ3) is 3.69. The van der Waals surface area contributed by atoms with Crippen molar-refractivity contribution in [2.75, 3.05) is 13.1 Å². The summed E-state index contributed by atoms with van der Waals surface area (Å²) in [4.78, 5) is 24.5. The van der Waals surface area contributed by atoms with Crippen LogP contribution in [-0.4, -0.2) is 35.0 Å². The van der Waals surface area contributed by atoms with Crippen LogP contribution in [0.5, 0.6) is 0 Å². The monoisotopic (exact) mass is 361 g/mol. The van der Waals surface area contributed by atoms with Crippen LogP contribution in [-0.2, 0) is 4.79 Å². The van der Waals surface area contributed by atoms with Crippen LogP contribution in [0.4, 0.5) is 0 Å². The SMILES string of the molecule is CCCN(CC(=O)O)C(=O)c1c(C)cccc1I. The first kappa shape index (κ1) is 14.9. The second kappa shape index (κ2) is 6.72. The number of carboxylic acid groups (broad SMARTS) is 1. The van der Waals surface area contributed by atoms with Gasteiger partial charge in [-0.2, -0.15) is 0 Å². The average molecular weight is 361 g/mol. The third-order valence-electron chi connectivity index (χ3n) is 2.54. The Bertz CT molecular complexity index is 439. The molecule has 1 amide bonds. The molecule has 0 saturated carbocycles. The van der Waals surface area contributed by atoms with Crippen LogP contribution >= 0.6 is 22.6 Å². The second-order valence-electron chi connectivity index (χ2n) is 4.05. The fourth-order valence-electron chi connectivity index (χ4n) is 1.75. The van der Waals surface area contributed by atoms with Crippen LogP contribution in [0.3, 0.4) is 0 Å². The predicted molar refractivity (Wildman–Crippen MR) is 77.7 cm³/mol. The molecule has 1 aromatic carbocycles. The molecule has 0 saturated heterocycles. The number of halogens is 1. The largest absolute Gasteiger partial charge is 0.480 e. The topological polar surface area (TPSA) is 57.6 Å². The molecule has 0 unspecified atom stereocenters. The number of benzene rings is 1. The number of amides is 1. The summed E-state index contributed by atoms with van der Waals surface area (Å²) >= 11 is 2.10. The van der Waals surface area contributed by atoms with E-state index in [2.05, 4.69) is 22.6 Å². The van der Waals surface area contributed by atoms with Crippen molar-refractivity contribution in [2.45, 2.75) is 20.3 Å². The maximum Gasteiger partial charge on any atom is 0.323 e. The number of carboxylic acids is 1. The molecule has 1 N–H and O–H groups in total. The Hall–Kier alpha value is -1.11. The highest BCUT2D eigenvalue weighted by Gasteiger charge is 2.21. The predicted octanol–water partition coefficient (Wildman–Crippen LogP) is 2.54. The van der Waals surface area contributed by atoms with Gasteiger partial charge in [0.15, 0.2) is 0 Å². The second-order valence-corrected chi connectivity index (χ2v) is 5.21. The molecule has 0 fully saturated rings. The molecule has 0 spiro atoms. The molecule has 0 atom stereocenters. The average Bonchev–Trinajstić information content (AvgIpc) is 2.27. The van der Waals surface area contributed by atoms with Crippen LogP contribution in [0.25, 0.3) is 0 Å². The Labute approximate surface area is 120 Å². The van der Waals surface area contributed by atoms with E-state index in [4.69, 9.17) is 5.11 Å². The summed E-state index contributed by atoms with van der Waals surface area (Å²) in [7, 11) is 0. The molecule has 18 heavy (non-hydrogen) atoms. The van der Waals surface area contributed by atoms with Gasteiger partial charge in [0, 0.05) is 10.1 Å². The minimum atomic E-state index is -0.986. The molecule has 1 rings (SSSR count). The summed E-state index contributed by atoms with van der Waals surface area (Å²) in [5.41, 5.74) is 1.48. The van der Waals surface area contributed by atoms with Gasteiger partial charge in [-0.1, -0.05) is 19.1 Å². The van der Waals surface area contributed by atoms with Crippen LogP contribution in [0.2, 0.25) is 0 Å². The minimum absolute atomic E-state index is 0.207. The number of aliphatic carboxylic acids is 1. The summed E-state index contributed by atoms with van der Waals surface area (Å²) in [5, 5.41) is 8.85. The van der Waals surface area contributed by atoms with Gasteiger partial charge in [-0.3, -0.25) is 9.59 Å². The van der Waals surface area contributed by atoms with Gasteiger partial charge in [0.2, 0.25) is 0 Å². The number of carbonyl (C=O) groups excluding carboxylic acids is 1. The van der Waals surface area contributed by atoms with Gasteiger partial charge in [0.25, 0.3) is 5.91 Å². The zero-order valence-corrected chi connectivity index (χ0v) is 12.6. The van der Waals surface area contributed by atoms with Gasteiger partial charge in [0.05, 0.1) is 5.56 Å². The molecule has 0 aliphatic carbocycles. The number of hydrogen-bond donors (Lipinski definition) is 1. The van der Waals surface area contributed by atoms with Crippen LogP contribution in [0.15, 0.2) is 18.2 Å². The highest BCUT2D eigenvalue weighted by atomic mass is 127. The van der Waals surface area contributed by atoms with E-state index in [9.17, 15) is 9.59 Å². The first-order valence-corrected chi connectivity index (χ1v) is 6.81.